The van der Waals surface area contributed by atoms with E-state index in [0.717, 1.165) is 37.3 Å². The number of hydrogen-bond acceptors (Lipinski definition) is 4. The molecule has 2 N–H and O–H groups in total. The molecule has 3 heterocycles. The third-order valence-corrected chi connectivity index (χ3v) is 6.77. The molecule has 7 nitrogen and oxygen atoms in total. The molecule has 7 heteroatoms. The van der Waals surface area contributed by atoms with E-state index >= 15 is 0 Å². The Kier molecular flexibility index (Phi) is 5.42. The minimum atomic E-state index is -0.751. The van der Waals surface area contributed by atoms with E-state index in [9.17, 15) is 14.7 Å². The molecule has 28 heavy (non-hydrogen) atoms. The van der Waals surface area contributed by atoms with Gasteiger partial charge in [-0.15, -0.1) is 0 Å². The summed E-state index contributed by atoms with van der Waals surface area (Å²) in [6.45, 7) is 3.40. The number of aliphatic carboxylic acids is 1. The molecule has 1 aromatic heterocycles. The summed E-state index contributed by atoms with van der Waals surface area (Å²) >= 11 is 0. The van der Waals surface area contributed by atoms with E-state index in [2.05, 4.69) is 15.2 Å². The third-order valence-electron chi connectivity index (χ3n) is 6.77. The maximum atomic E-state index is 12.6. The lowest BCUT2D eigenvalue weighted by Gasteiger charge is -2.23. The van der Waals surface area contributed by atoms with E-state index in [1.165, 1.54) is 25.7 Å². The third kappa shape index (κ3) is 3.66. The Balaban J connectivity index is 1.31. The van der Waals surface area contributed by atoms with E-state index < -0.39 is 11.4 Å². The number of aromatic nitrogens is 1. The molecule has 0 radical (unpaired) electrons. The van der Waals surface area contributed by atoms with E-state index in [0.29, 0.717) is 26.1 Å². The number of hydrogen-bond donors (Lipinski definition) is 2. The molecule has 0 bridgehead atoms. The number of urea groups is 1. The SMILES string of the molecule is O=C(NCc1ccc(N2CCCCCC2)nc1)N1C[C@@H]2CCC[C@@]2(C(=O)O)C1. The van der Waals surface area contributed by atoms with Crippen LogP contribution < -0.4 is 10.2 Å². The van der Waals surface area contributed by atoms with Gasteiger partial charge in [0.2, 0.25) is 0 Å². The van der Waals surface area contributed by atoms with Crippen LogP contribution in [0.3, 0.4) is 0 Å². The zero-order valence-corrected chi connectivity index (χ0v) is 16.4. The van der Waals surface area contributed by atoms with Crippen LogP contribution in [0.4, 0.5) is 10.6 Å². The van der Waals surface area contributed by atoms with Gasteiger partial charge in [0.1, 0.15) is 5.82 Å². The Morgan fingerprint density at radius 3 is 2.61 bits per heavy atom. The summed E-state index contributed by atoms with van der Waals surface area (Å²) in [6.07, 6.45) is 9.38. The molecule has 0 spiro atoms. The number of pyridine rings is 1. The first-order valence-electron chi connectivity index (χ1n) is 10.5. The Morgan fingerprint density at radius 1 is 1.18 bits per heavy atom. The van der Waals surface area contributed by atoms with E-state index in [1.54, 1.807) is 4.90 Å². The smallest absolute Gasteiger partial charge is 0.317 e. The number of carbonyl (C=O) groups is 2. The van der Waals surface area contributed by atoms with Gasteiger partial charge in [-0.05, 0) is 43.2 Å². The number of likely N-dealkylation sites (tertiary alicyclic amines) is 1. The van der Waals surface area contributed by atoms with Crippen molar-refractivity contribution in [1.82, 2.24) is 15.2 Å². The van der Waals surface area contributed by atoms with Crippen LogP contribution in [0, 0.1) is 11.3 Å². The van der Waals surface area contributed by atoms with Crippen molar-refractivity contribution in [1.29, 1.82) is 0 Å². The van der Waals surface area contributed by atoms with Gasteiger partial charge in [-0.3, -0.25) is 4.79 Å². The first-order chi connectivity index (χ1) is 13.6. The molecule has 0 unspecified atom stereocenters. The Hall–Kier alpha value is -2.31. The number of nitrogens with one attached hydrogen (secondary N) is 1. The molecular formula is C21H30N4O3. The summed E-state index contributed by atoms with van der Waals surface area (Å²) in [5.41, 5.74) is 0.229. The standard InChI is InChI=1S/C21H30N4O3/c26-19(27)21-9-5-6-17(21)14-25(15-21)20(28)23-13-16-7-8-18(22-12-16)24-10-3-1-2-4-11-24/h7-8,12,17H,1-6,9-11,13-15H2,(H,23,28)(H,26,27)/t17-,21+/m0/s1. The maximum absolute atomic E-state index is 12.6. The van der Waals surface area contributed by atoms with Crippen molar-refractivity contribution >= 4 is 17.8 Å². The molecule has 4 rings (SSSR count). The Morgan fingerprint density at radius 2 is 1.96 bits per heavy atom. The van der Waals surface area contributed by atoms with Crippen LogP contribution in [0.2, 0.25) is 0 Å². The van der Waals surface area contributed by atoms with Gasteiger partial charge >= 0.3 is 12.0 Å². The molecule has 2 saturated heterocycles. The predicted octanol–water partition coefficient (Wildman–Crippen LogP) is 2.86. The predicted molar refractivity (Wildman–Crippen MR) is 106 cm³/mol. The fourth-order valence-electron chi connectivity index (χ4n) is 5.09. The van der Waals surface area contributed by atoms with Crippen LogP contribution in [0.1, 0.15) is 50.5 Å². The number of nitrogens with zero attached hydrogens (tertiary/aromatic N) is 3. The van der Waals surface area contributed by atoms with Crippen LogP contribution in [0.5, 0.6) is 0 Å². The first-order valence-corrected chi connectivity index (χ1v) is 10.5. The number of anilines is 1. The molecule has 2 amide bonds. The molecule has 0 aromatic carbocycles. The minimum absolute atomic E-state index is 0.0883. The summed E-state index contributed by atoms with van der Waals surface area (Å²) in [5.74, 6) is 0.344. The van der Waals surface area contributed by atoms with E-state index in [1.807, 2.05) is 18.3 Å². The van der Waals surface area contributed by atoms with Gasteiger partial charge in [0.25, 0.3) is 0 Å². The van der Waals surface area contributed by atoms with Crippen molar-refractivity contribution < 1.29 is 14.7 Å². The molecule has 1 aromatic rings. The lowest BCUT2D eigenvalue weighted by molar-refractivity contribution is -0.149. The molecular weight excluding hydrogens is 356 g/mol. The van der Waals surface area contributed by atoms with Gasteiger partial charge in [-0.25, -0.2) is 9.78 Å². The first kappa shape index (κ1) is 19.0. The van der Waals surface area contributed by atoms with Crippen molar-refractivity contribution in [3.05, 3.63) is 23.9 Å². The minimum Gasteiger partial charge on any atom is -0.481 e. The van der Waals surface area contributed by atoms with Crippen LogP contribution >= 0.6 is 0 Å². The summed E-state index contributed by atoms with van der Waals surface area (Å²) in [4.78, 5) is 32.9. The average molecular weight is 386 g/mol. The largest absolute Gasteiger partial charge is 0.481 e. The highest BCUT2D eigenvalue weighted by Crippen LogP contribution is 2.48. The van der Waals surface area contributed by atoms with Gasteiger partial charge in [0.05, 0.1) is 5.41 Å². The monoisotopic (exact) mass is 386 g/mol. The fourth-order valence-corrected chi connectivity index (χ4v) is 5.09. The summed E-state index contributed by atoms with van der Waals surface area (Å²) in [6, 6.07) is 3.88. The van der Waals surface area contributed by atoms with E-state index in [-0.39, 0.29) is 11.9 Å². The van der Waals surface area contributed by atoms with Crippen LogP contribution in [0.15, 0.2) is 18.3 Å². The van der Waals surface area contributed by atoms with Crippen molar-refractivity contribution in [3.63, 3.8) is 0 Å². The van der Waals surface area contributed by atoms with Gasteiger partial charge < -0.3 is 20.2 Å². The highest BCUT2D eigenvalue weighted by atomic mass is 16.4. The molecule has 2 atom stereocenters. The Bertz CT molecular complexity index is 715. The van der Waals surface area contributed by atoms with Gasteiger partial charge in [0, 0.05) is 38.9 Å². The van der Waals surface area contributed by atoms with Crippen molar-refractivity contribution in [2.45, 2.75) is 51.5 Å². The number of amides is 2. The second kappa shape index (κ2) is 7.97. The van der Waals surface area contributed by atoms with Crippen LogP contribution in [0.25, 0.3) is 0 Å². The van der Waals surface area contributed by atoms with Crippen molar-refractivity contribution in [3.8, 4) is 0 Å². The number of rotatable bonds is 4. The number of carboxylic acids is 1. The quantitative estimate of drug-likeness (QED) is 0.831. The normalized spacial score (nSPS) is 27.4. The molecule has 1 saturated carbocycles. The second-order valence-corrected chi connectivity index (χ2v) is 8.52. The van der Waals surface area contributed by atoms with Crippen LogP contribution in [-0.4, -0.2) is 53.2 Å². The zero-order chi connectivity index (χ0) is 19.6. The number of carboxylic acid groups (broad SMARTS) is 1. The summed E-state index contributed by atoms with van der Waals surface area (Å²) in [5, 5.41) is 12.6. The molecule has 3 aliphatic rings. The maximum Gasteiger partial charge on any atom is 0.317 e. The molecule has 3 fully saturated rings. The Labute approximate surface area is 166 Å². The highest BCUT2D eigenvalue weighted by molar-refractivity contribution is 5.80. The molecule has 152 valence electrons. The highest BCUT2D eigenvalue weighted by Gasteiger charge is 2.55. The molecule has 1 aliphatic carbocycles. The van der Waals surface area contributed by atoms with Crippen LogP contribution in [-0.2, 0) is 11.3 Å². The van der Waals surface area contributed by atoms with Crippen molar-refractivity contribution in [2.75, 3.05) is 31.1 Å². The van der Waals surface area contributed by atoms with Crippen molar-refractivity contribution in [2.24, 2.45) is 11.3 Å². The lowest BCUT2D eigenvalue weighted by Crippen LogP contribution is -2.41. The lowest BCUT2D eigenvalue weighted by atomic mass is 9.81. The summed E-state index contributed by atoms with van der Waals surface area (Å²) in [7, 11) is 0. The fraction of sp³-hybridized carbons (Fsp3) is 0.667. The summed E-state index contributed by atoms with van der Waals surface area (Å²) < 4.78 is 0. The number of carbonyl (C=O) groups excluding carboxylic acids is 1. The number of fused-ring (bicyclic) bond motifs is 1. The van der Waals surface area contributed by atoms with Gasteiger partial charge in [0.15, 0.2) is 0 Å². The average Bonchev–Trinajstić information content (AvgIpc) is 3.15. The van der Waals surface area contributed by atoms with E-state index in [4.69, 9.17) is 0 Å². The van der Waals surface area contributed by atoms with Gasteiger partial charge in [-0.1, -0.05) is 25.3 Å². The van der Waals surface area contributed by atoms with Gasteiger partial charge in [-0.2, -0.15) is 0 Å². The topological polar surface area (TPSA) is 85.8 Å². The molecule has 2 aliphatic heterocycles. The zero-order valence-electron chi connectivity index (χ0n) is 16.4. The second-order valence-electron chi connectivity index (χ2n) is 8.52.